The lowest BCUT2D eigenvalue weighted by Gasteiger charge is -2.35. The van der Waals surface area contributed by atoms with Crippen molar-refractivity contribution in [2.24, 2.45) is 11.7 Å². The summed E-state index contributed by atoms with van der Waals surface area (Å²) in [6, 6.07) is -0.908. The van der Waals surface area contributed by atoms with E-state index in [1.807, 2.05) is 13.8 Å². The third kappa shape index (κ3) is 2.52. The highest BCUT2D eigenvalue weighted by Crippen LogP contribution is 2.12. The summed E-state index contributed by atoms with van der Waals surface area (Å²) < 4.78 is 0. The minimum atomic E-state index is -0.502. The van der Waals surface area contributed by atoms with Crippen molar-refractivity contribution >= 4 is 11.8 Å². The smallest absolute Gasteiger partial charge is 0.242 e. The quantitative estimate of drug-likeness (QED) is 0.695. The Kier molecular flexibility index (Phi) is 4.29. The molecule has 1 aliphatic rings. The molecular weight excluding hydrogens is 206 g/mol. The molecule has 1 fully saturated rings. The Morgan fingerprint density at radius 1 is 1.69 bits per heavy atom. The number of carbonyl (C=O) groups is 2. The lowest BCUT2D eigenvalue weighted by molar-refractivity contribution is -0.144. The highest BCUT2D eigenvalue weighted by molar-refractivity contribution is 5.90. The van der Waals surface area contributed by atoms with E-state index in [9.17, 15) is 9.59 Å². The van der Waals surface area contributed by atoms with Crippen LogP contribution in [-0.2, 0) is 9.59 Å². The molecular formula is C11H21N3O2. The molecule has 5 nitrogen and oxygen atoms in total. The lowest BCUT2D eigenvalue weighted by atomic mass is 9.98. The van der Waals surface area contributed by atoms with Gasteiger partial charge in [0.2, 0.25) is 11.8 Å². The minimum absolute atomic E-state index is 0.101. The summed E-state index contributed by atoms with van der Waals surface area (Å²) in [5.74, 6) is -0.0719. The fourth-order valence-electron chi connectivity index (χ4n) is 1.77. The van der Waals surface area contributed by atoms with Crippen LogP contribution in [0.4, 0.5) is 0 Å². The highest BCUT2D eigenvalue weighted by atomic mass is 16.2. The second-order valence-electron chi connectivity index (χ2n) is 4.41. The van der Waals surface area contributed by atoms with Gasteiger partial charge in [0.15, 0.2) is 0 Å². The van der Waals surface area contributed by atoms with Crippen molar-refractivity contribution in [3.63, 3.8) is 0 Å². The van der Waals surface area contributed by atoms with Crippen molar-refractivity contribution in [3.05, 3.63) is 0 Å². The topological polar surface area (TPSA) is 75.4 Å². The van der Waals surface area contributed by atoms with Crippen LogP contribution < -0.4 is 11.1 Å². The van der Waals surface area contributed by atoms with Crippen molar-refractivity contribution in [3.8, 4) is 0 Å². The SMILES string of the molecule is CCC(C)[C@H](N)C(=O)N1CCNC(=O)C1C. The Morgan fingerprint density at radius 2 is 2.31 bits per heavy atom. The number of piperazine rings is 1. The van der Waals surface area contributed by atoms with Gasteiger partial charge in [0.1, 0.15) is 6.04 Å². The van der Waals surface area contributed by atoms with Crippen molar-refractivity contribution in [2.75, 3.05) is 13.1 Å². The van der Waals surface area contributed by atoms with Crippen molar-refractivity contribution in [1.29, 1.82) is 0 Å². The van der Waals surface area contributed by atoms with Gasteiger partial charge in [0.05, 0.1) is 6.04 Å². The van der Waals surface area contributed by atoms with E-state index >= 15 is 0 Å². The van der Waals surface area contributed by atoms with Crippen LogP contribution >= 0.6 is 0 Å². The lowest BCUT2D eigenvalue weighted by Crippen LogP contribution is -2.60. The van der Waals surface area contributed by atoms with Crippen LogP contribution in [0.1, 0.15) is 27.2 Å². The molecule has 0 bridgehead atoms. The second kappa shape index (κ2) is 5.30. The second-order valence-corrected chi connectivity index (χ2v) is 4.41. The maximum Gasteiger partial charge on any atom is 0.242 e. The number of nitrogens with two attached hydrogens (primary N) is 1. The standard InChI is InChI=1S/C11H21N3O2/c1-4-7(2)9(12)11(16)14-6-5-13-10(15)8(14)3/h7-9H,4-6,12H2,1-3H3,(H,13,15)/t7?,8?,9-/m0/s1. The molecule has 5 heteroatoms. The van der Waals surface area contributed by atoms with Crippen LogP contribution in [-0.4, -0.2) is 41.9 Å². The van der Waals surface area contributed by atoms with Gasteiger partial charge in [0, 0.05) is 13.1 Å². The van der Waals surface area contributed by atoms with E-state index < -0.39 is 12.1 Å². The molecule has 0 radical (unpaired) electrons. The molecule has 0 saturated carbocycles. The van der Waals surface area contributed by atoms with Gasteiger partial charge >= 0.3 is 0 Å². The molecule has 0 aromatic carbocycles. The Morgan fingerprint density at radius 3 is 2.88 bits per heavy atom. The van der Waals surface area contributed by atoms with Crippen LogP contribution in [0.3, 0.4) is 0 Å². The van der Waals surface area contributed by atoms with Crippen LogP contribution in [0.5, 0.6) is 0 Å². The summed E-state index contributed by atoms with van der Waals surface area (Å²) in [6.45, 7) is 6.76. The Labute approximate surface area is 96.4 Å². The monoisotopic (exact) mass is 227 g/mol. The molecule has 92 valence electrons. The molecule has 3 atom stereocenters. The molecule has 3 N–H and O–H groups in total. The number of amides is 2. The van der Waals surface area contributed by atoms with Gasteiger partial charge in [-0.2, -0.15) is 0 Å². The summed E-state index contributed by atoms with van der Waals surface area (Å²) in [6.07, 6.45) is 0.862. The van der Waals surface area contributed by atoms with E-state index in [1.165, 1.54) is 0 Å². The van der Waals surface area contributed by atoms with Gasteiger partial charge in [-0.25, -0.2) is 0 Å². The predicted octanol–water partition coefficient (Wildman–Crippen LogP) is -0.293. The summed E-state index contributed by atoms with van der Waals surface area (Å²) in [5.41, 5.74) is 5.89. The number of nitrogens with one attached hydrogen (secondary N) is 1. The van der Waals surface area contributed by atoms with Gasteiger partial charge in [-0.3, -0.25) is 9.59 Å². The Balaban J connectivity index is 2.69. The first-order valence-corrected chi connectivity index (χ1v) is 5.82. The number of hydrogen-bond acceptors (Lipinski definition) is 3. The molecule has 0 spiro atoms. The first kappa shape index (κ1) is 13.0. The molecule has 1 aliphatic heterocycles. The maximum atomic E-state index is 12.1. The zero-order valence-electron chi connectivity index (χ0n) is 10.2. The van der Waals surface area contributed by atoms with Gasteiger partial charge < -0.3 is 16.0 Å². The van der Waals surface area contributed by atoms with E-state index in [1.54, 1.807) is 11.8 Å². The van der Waals surface area contributed by atoms with Gasteiger partial charge in [0.25, 0.3) is 0 Å². The Bertz CT molecular complexity index is 280. The fraction of sp³-hybridized carbons (Fsp3) is 0.818. The molecule has 0 aliphatic carbocycles. The third-order valence-corrected chi connectivity index (χ3v) is 3.32. The molecule has 2 unspecified atom stereocenters. The number of nitrogens with zero attached hydrogens (tertiary/aromatic N) is 1. The largest absolute Gasteiger partial charge is 0.353 e. The van der Waals surface area contributed by atoms with Crippen molar-refractivity contribution in [1.82, 2.24) is 10.2 Å². The van der Waals surface area contributed by atoms with Crippen LogP contribution in [0, 0.1) is 5.92 Å². The first-order chi connectivity index (χ1) is 7.49. The molecule has 1 saturated heterocycles. The molecule has 16 heavy (non-hydrogen) atoms. The number of hydrogen-bond donors (Lipinski definition) is 2. The van der Waals surface area contributed by atoms with Gasteiger partial charge in [-0.05, 0) is 12.8 Å². The predicted molar refractivity (Wildman–Crippen MR) is 61.6 cm³/mol. The van der Waals surface area contributed by atoms with Crippen molar-refractivity contribution < 1.29 is 9.59 Å². The molecule has 0 aromatic rings. The van der Waals surface area contributed by atoms with E-state index in [-0.39, 0.29) is 17.7 Å². The highest BCUT2D eigenvalue weighted by Gasteiger charge is 2.33. The van der Waals surface area contributed by atoms with Gasteiger partial charge in [-0.1, -0.05) is 20.3 Å². The average Bonchev–Trinajstić information content (AvgIpc) is 2.29. The fourth-order valence-corrected chi connectivity index (χ4v) is 1.77. The summed E-state index contributed by atoms with van der Waals surface area (Å²) >= 11 is 0. The molecule has 1 heterocycles. The van der Waals surface area contributed by atoms with Crippen LogP contribution in [0.15, 0.2) is 0 Å². The van der Waals surface area contributed by atoms with Gasteiger partial charge in [-0.15, -0.1) is 0 Å². The molecule has 0 aromatic heterocycles. The minimum Gasteiger partial charge on any atom is -0.353 e. The summed E-state index contributed by atoms with van der Waals surface area (Å²) in [7, 11) is 0. The first-order valence-electron chi connectivity index (χ1n) is 5.82. The van der Waals surface area contributed by atoms with E-state index in [0.717, 1.165) is 6.42 Å². The molecule has 2 amide bonds. The maximum absolute atomic E-state index is 12.1. The summed E-state index contributed by atoms with van der Waals surface area (Å²) in [5, 5.41) is 2.73. The zero-order valence-corrected chi connectivity index (χ0v) is 10.2. The summed E-state index contributed by atoms with van der Waals surface area (Å²) in [4.78, 5) is 25.1. The van der Waals surface area contributed by atoms with E-state index in [4.69, 9.17) is 5.73 Å². The number of carbonyl (C=O) groups excluding carboxylic acids is 2. The third-order valence-electron chi connectivity index (χ3n) is 3.32. The Hall–Kier alpha value is -1.10. The zero-order chi connectivity index (χ0) is 12.3. The average molecular weight is 227 g/mol. The van der Waals surface area contributed by atoms with E-state index in [2.05, 4.69) is 5.32 Å². The number of rotatable bonds is 3. The van der Waals surface area contributed by atoms with Crippen molar-refractivity contribution in [2.45, 2.75) is 39.3 Å². The molecule has 1 rings (SSSR count). The van der Waals surface area contributed by atoms with E-state index in [0.29, 0.717) is 13.1 Å². The normalized spacial score (nSPS) is 24.9. The van der Waals surface area contributed by atoms with Crippen LogP contribution in [0.2, 0.25) is 0 Å². The van der Waals surface area contributed by atoms with Crippen LogP contribution in [0.25, 0.3) is 0 Å².